The van der Waals surface area contributed by atoms with Gasteiger partial charge in [-0.3, -0.25) is 9.78 Å². The zero-order valence-corrected chi connectivity index (χ0v) is 20.0. The lowest BCUT2D eigenvalue weighted by Gasteiger charge is -2.38. The molecule has 4 aromatic rings. The van der Waals surface area contributed by atoms with Crippen LogP contribution in [0.5, 0.6) is 0 Å². The van der Waals surface area contributed by atoms with E-state index in [1.54, 1.807) is 0 Å². The molecule has 0 radical (unpaired) electrons. The van der Waals surface area contributed by atoms with Crippen molar-refractivity contribution in [2.75, 3.05) is 17.8 Å². The van der Waals surface area contributed by atoms with Gasteiger partial charge in [-0.05, 0) is 66.8 Å². The second-order valence-corrected chi connectivity index (χ2v) is 9.79. The summed E-state index contributed by atoms with van der Waals surface area (Å²) in [7, 11) is 0. The molecule has 2 N–H and O–H groups in total. The Balaban J connectivity index is 1.18. The van der Waals surface area contributed by atoms with Crippen LogP contribution in [0.1, 0.15) is 28.8 Å². The lowest BCUT2D eigenvalue weighted by molar-refractivity contribution is -0.0162. The number of nitrogens with zero attached hydrogens (tertiary/aromatic N) is 2. The Morgan fingerprint density at radius 1 is 1.03 bits per heavy atom. The van der Waals surface area contributed by atoms with Crippen LogP contribution in [0.2, 0.25) is 0 Å². The lowest BCUT2D eigenvalue weighted by atomic mass is 9.85. The zero-order valence-electron chi connectivity index (χ0n) is 19.2. The van der Waals surface area contributed by atoms with Gasteiger partial charge in [-0.25, -0.2) is 4.39 Å². The van der Waals surface area contributed by atoms with Gasteiger partial charge in [0.2, 0.25) is 0 Å². The first-order valence-electron chi connectivity index (χ1n) is 11.6. The van der Waals surface area contributed by atoms with E-state index in [2.05, 4.69) is 9.71 Å². The number of carbonyl (C=O) groups is 1. The van der Waals surface area contributed by atoms with Gasteiger partial charge in [0.15, 0.2) is 0 Å². The van der Waals surface area contributed by atoms with Crippen molar-refractivity contribution in [2.45, 2.75) is 29.8 Å². The van der Waals surface area contributed by atoms with E-state index in [1.165, 1.54) is 24.2 Å². The first-order chi connectivity index (χ1) is 17.0. The van der Waals surface area contributed by atoms with Crippen molar-refractivity contribution in [2.24, 2.45) is 0 Å². The molecule has 3 aromatic carbocycles. The van der Waals surface area contributed by atoms with Gasteiger partial charge >= 0.3 is 0 Å². The molecule has 1 aromatic heterocycles. The summed E-state index contributed by atoms with van der Waals surface area (Å²) in [5.74, 6) is -0.381. The van der Waals surface area contributed by atoms with Crippen molar-refractivity contribution in [1.82, 2.24) is 9.88 Å². The van der Waals surface area contributed by atoms with E-state index in [0.29, 0.717) is 37.9 Å². The number of amides is 1. The first-order valence-corrected chi connectivity index (χ1v) is 12.4. The second kappa shape index (κ2) is 10.1. The molecule has 2 heterocycles. The van der Waals surface area contributed by atoms with Crippen molar-refractivity contribution in [1.29, 1.82) is 0 Å². The van der Waals surface area contributed by atoms with Gasteiger partial charge in [-0.15, -0.1) is 0 Å². The summed E-state index contributed by atoms with van der Waals surface area (Å²) in [5, 5.41) is 11.7. The molecule has 0 bridgehead atoms. The Morgan fingerprint density at radius 2 is 1.77 bits per heavy atom. The number of aliphatic hydroxyl groups is 1. The Hall–Kier alpha value is -3.42. The molecule has 7 heteroatoms. The molecule has 0 aliphatic carbocycles. The third-order valence-electron chi connectivity index (χ3n) is 6.41. The average molecular weight is 488 g/mol. The van der Waals surface area contributed by atoms with Crippen LogP contribution in [0.25, 0.3) is 10.9 Å². The van der Waals surface area contributed by atoms with Gasteiger partial charge in [0.25, 0.3) is 5.91 Å². The van der Waals surface area contributed by atoms with Gasteiger partial charge in [0.05, 0.1) is 22.2 Å². The number of hydrogen-bond donors (Lipinski definition) is 2. The van der Waals surface area contributed by atoms with Gasteiger partial charge in [0.1, 0.15) is 5.82 Å². The molecule has 0 unspecified atom stereocenters. The highest BCUT2D eigenvalue weighted by molar-refractivity contribution is 8.00. The number of rotatable bonds is 6. The van der Waals surface area contributed by atoms with E-state index in [0.717, 1.165) is 27.0 Å². The number of carbonyl (C=O) groups excluding carboxylic acids is 1. The van der Waals surface area contributed by atoms with E-state index in [4.69, 9.17) is 0 Å². The van der Waals surface area contributed by atoms with Gasteiger partial charge < -0.3 is 14.7 Å². The summed E-state index contributed by atoms with van der Waals surface area (Å²) < 4.78 is 16.7. The number of fused-ring (bicyclic) bond motifs is 1. The standard InChI is InChI=1S/C28H26FN3O2S/c29-23-17-22-7-4-8-25(26(22)30-19-23)35-31-24-11-9-21(10-12-24)27(33)32-15-13-28(34,14-16-32)18-20-5-2-1-3-6-20/h1-12,17,19,31,34H,13-16,18H2. The molecule has 1 aliphatic rings. The summed E-state index contributed by atoms with van der Waals surface area (Å²) >= 11 is 1.39. The molecule has 1 aliphatic heterocycles. The summed E-state index contributed by atoms with van der Waals surface area (Å²) in [5.41, 5.74) is 2.54. The number of halogens is 1. The fraction of sp³-hybridized carbons (Fsp3) is 0.214. The summed E-state index contributed by atoms with van der Waals surface area (Å²) in [6.07, 6.45) is 2.95. The fourth-order valence-electron chi connectivity index (χ4n) is 4.44. The van der Waals surface area contributed by atoms with Crippen LogP contribution in [0, 0.1) is 5.82 Å². The maximum atomic E-state index is 13.5. The van der Waals surface area contributed by atoms with E-state index in [9.17, 15) is 14.3 Å². The SMILES string of the molecule is O=C(c1ccc(NSc2cccc3cc(F)cnc23)cc1)N1CCC(O)(Cc2ccccc2)CC1. The quantitative estimate of drug-likeness (QED) is 0.342. The first kappa shape index (κ1) is 23.3. The summed E-state index contributed by atoms with van der Waals surface area (Å²) in [4.78, 5) is 19.9. The molecule has 0 saturated carbocycles. The monoisotopic (exact) mass is 487 g/mol. The van der Waals surface area contributed by atoms with Crippen LogP contribution >= 0.6 is 11.9 Å². The van der Waals surface area contributed by atoms with Gasteiger partial charge in [-0.2, -0.15) is 0 Å². The molecule has 5 nitrogen and oxygen atoms in total. The minimum Gasteiger partial charge on any atom is -0.389 e. The summed E-state index contributed by atoms with van der Waals surface area (Å²) in [6, 6.07) is 24.4. The molecular weight excluding hydrogens is 461 g/mol. The van der Waals surface area contributed by atoms with E-state index in [1.807, 2.05) is 77.7 Å². The Labute approximate surface area is 208 Å². The highest BCUT2D eigenvalue weighted by atomic mass is 32.2. The third-order valence-corrected chi connectivity index (χ3v) is 7.30. The van der Waals surface area contributed by atoms with Crippen LogP contribution < -0.4 is 4.72 Å². The van der Waals surface area contributed by atoms with Gasteiger partial charge in [-0.1, -0.05) is 42.5 Å². The predicted molar refractivity (Wildman–Crippen MR) is 138 cm³/mol. The van der Waals surface area contributed by atoms with Crippen LogP contribution in [-0.4, -0.2) is 39.6 Å². The molecule has 5 rings (SSSR count). The minimum atomic E-state index is -0.772. The van der Waals surface area contributed by atoms with Crippen molar-refractivity contribution in [3.63, 3.8) is 0 Å². The smallest absolute Gasteiger partial charge is 0.253 e. The number of pyridine rings is 1. The number of hydrogen-bond acceptors (Lipinski definition) is 5. The van der Waals surface area contributed by atoms with Crippen molar-refractivity contribution >= 4 is 34.4 Å². The second-order valence-electron chi connectivity index (χ2n) is 8.94. The molecule has 0 spiro atoms. The minimum absolute atomic E-state index is 0.0220. The van der Waals surface area contributed by atoms with E-state index >= 15 is 0 Å². The molecule has 0 atom stereocenters. The maximum Gasteiger partial charge on any atom is 0.253 e. The molecule has 178 valence electrons. The van der Waals surface area contributed by atoms with Crippen molar-refractivity contribution in [3.8, 4) is 0 Å². The van der Waals surface area contributed by atoms with Crippen LogP contribution in [0.15, 0.2) is 90.0 Å². The lowest BCUT2D eigenvalue weighted by Crippen LogP contribution is -2.47. The normalized spacial score (nSPS) is 15.2. The molecule has 1 fully saturated rings. The number of anilines is 1. The number of para-hydroxylation sites is 1. The Kier molecular flexibility index (Phi) is 6.70. The summed E-state index contributed by atoms with van der Waals surface area (Å²) in [6.45, 7) is 1.07. The van der Waals surface area contributed by atoms with Crippen LogP contribution in [0.4, 0.5) is 10.1 Å². The van der Waals surface area contributed by atoms with Crippen LogP contribution in [0.3, 0.4) is 0 Å². The number of piperidine rings is 1. The topological polar surface area (TPSA) is 65.5 Å². The highest BCUT2D eigenvalue weighted by Crippen LogP contribution is 2.29. The molecular formula is C28H26FN3O2S. The largest absolute Gasteiger partial charge is 0.389 e. The molecule has 1 saturated heterocycles. The fourth-order valence-corrected chi connectivity index (χ4v) is 5.22. The Bertz CT molecular complexity index is 1320. The van der Waals surface area contributed by atoms with Crippen molar-refractivity contribution in [3.05, 3.63) is 102 Å². The number of likely N-dealkylation sites (tertiary alicyclic amines) is 1. The Morgan fingerprint density at radius 3 is 2.51 bits per heavy atom. The third kappa shape index (κ3) is 5.47. The maximum absolute atomic E-state index is 13.5. The average Bonchev–Trinajstić information content (AvgIpc) is 2.88. The van der Waals surface area contributed by atoms with Crippen molar-refractivity contribution < 1.29 is 14.3 Å². The highest BCUT2D eigenvalue weighted by Gasteiger charge is 2.34. The van der Waals surface area contributed by atoms with E-state index in [-0.39, 0.29) is 11.7 Å². The van der Waals surface area contributed by atoms with Crippen LogP contribution in [-0.2, 0) is 6.42 Å². The number of nitrogens with one attached hydrogen (secondary N) is 1. The molecule has 1 amide bonds. The predicted octanol–water partition coefficient (Wildman–Crippen LogP) is 5.70. The van der Waals surface area contributed by atoms with E-state index < -0.39 is 5.60 Å². The van der Waals surface area contributed by atoms with Gasteiger partial charge in [0, 0.05) is 36.1 Å². The number of benzene rings is 3. The zero-order chi connectivity index (χ0) is 24.3. The number of aromatic nitrogens is 1. The molecule has 35 heavy (non-hydrogen) atoms.